The maximum atomic E-state index is 5.17. The first-order chi connectivity index (χ1) is 8.86. The molecule has 0 bridgehead atoms. The van der Waals surface area contributed by atoms with Crippen molar-refractivity contribution in [2.45, 2.75) is 38.6 Å². The summed E-state index contributed by atoms with van der Waals surface area (Å²) in [6, 6.07) is 4.91. The van der Waals surface area contributed by atoms with Crippen molar-refractivity contribution in [3.05, 3.63) is 45.5 Å². The van der Waals surface area contributed by atoms with Crippen LogP contribution in [0.1, 0.15) is 40.3 Å². The largest absolute Gasteiger partial charge is 0.472 e. The Morgan fingerprint density at radius 1 is 1.44 bits per heavy atom. The zero-order valence-electron chi connectivity index (χ0n) is 10.7. The lowest BCUT2D eigenvalue weighted by Crippen LogP contribution is -2.21. The molecule has 0 saturated carbocycles. The van der Waals surface area contributed by atoms with E-state index in [4.69, 9.17) is 4.42 Å². The van der Waals surface area contributed by atoms with Gasteiger partial charge in [0.05, 0.1) is 12.5 Å². The summed E-state index contributed by atoms with van der Waals surface area (Å²) in [7, 11) is 0. The van der Waals surface area contributed by atoms with E-state index in [1.807, 2.05) is 17.6 Å². The lowest BCUT2D eigenvalue weighted by atomic mass is 10.1. The Labute approximate surface area is 112 Å². The molecule has 0 radical (unpaired) electrons. The molecule has 1 atom stereocenters. The van der Waals surface area contributed by atoms with Gasteiger partial charge in [-0.2, -0.15) is 0 Å². The van der Waals surface area contributed by atoms with Crippen molar-refractivity contribution < 1.29 is 4.42 Å². The van der Waals surface area contributed by atoms with Crippen LogP contribution in [0.3, 0.4) is 0 Å². The molecule has 2 nitrogen and oxygen atoms in total. The predicted molar refractivity (Wildman–Crippen MR) is 75.2 cm³/mol. The van der Waals surface area contributed by atoms with E-state index >= 15 is 0 Å². The van der Waals surface area contributed by atoms with E-state index in [1.54, 1.807) is 16.7 Å². The predicted octanol–water partition coefficient (Wildman–Crippen LogP) is 3.72. The molecule has 1 aliphatic carbocycles. The lowest BCUT2D eigenvalue weighted by Gasteiger charge is -2.15. The van der Waals surface area contributed by atoms with Gasteiger partial charge in [-0.3, -0.25) is 0 Å². The van der Waals surface area contributed by atoms with Crippen molar-refractivity contribution in [1.29, 1.82) is 0 Å². The topological polar surface area (TPSA) is 25.2 Å². The van der Waals surface area contributed by atoms with Crippen LogP contribution in [0.5, 0.6) is 0 Å². The smallest absolute Gasteiger partial charge is 0.0935 e. The molecule has 0 aliphatic heterocycles. The van der Waals surface area contributed by atoms with Gasteiger partial charge in [0, 0.05) is 15.8 Å². The molecule has 2 aromatic heterocycles. The van der Waals surface area contributed by atoms with E-state index in [2.05, 4.69) is 24.4 Å². The number of hydrogen-bond donors (Lipinski definition) is 1. The van der Waals surface area contributed by atoms with E-state index in [1.165, 1.54) is 29.7 Å². The molecule has 1 unspecified atom stereocenters. The number of hydrogen-bond acceptors (Lipinski definition) is 3. The highest BCUT2D eigenvalue weighted by molar-refractivity contribution is 7.12. The second kappa shape index (κ2) is 5.29. The van der Waals surface area contributed by atoms with Crippen LogP contribution in [0.2, 0.25) is 0 Å². The summed E-state index contributed by atoms with van der Waals surface area (Å²) in [5.41, 5.74) is 2.86. The Balaban J connectivity index is 1.79. The van der Waals surface area contributed by atoms with Gasteiger partial charge in [0.25, 0.3) is 0 Å². The van der Waals surface area contributed by atoms with Gasteiger partial charge in [-0.05, 0) is 55.5 Å². The maximum absolute atomic E-state index is 5.17. The van der Waals surface area contributed by atoms with Crippen molar-refractivity contribution in [3.8, 4) is 0 Å². The van der Waals surface area contributed by atoms with Crippen molar-refractivity contribution >= 4 is 11.3 Å². The molecule has 0 amide bonds. The molecule has 1 aliphatic rings. The molecule has 3 heteroatoms. The van der Waals surface area contributed by atoms with E-state index in [-0.39, 0.29) is 0 Å². The first-order valence-corrected chi connectivity index (χ1v) is 7.54. The third kappa shape index (κ3) is 2.38. The minimum absolute atomic E-state index is 0.434. The van der Waals surface area contributed by atoms with Crippen LogP contribution in [0.25, 0.3) is 0 Å². The van der Waals surface area contributed by atoms with Gasteiger partial charge in [-0.1, -0.05) is 6.92 Å². The van der Waals surface area contributed by atoms with E-state index in [9.17, 15) is 0 Å². The fraction of sp³-hybridized carbons (Fsp3) is 0.467. The fourth-order valence-electron chi connectivity index (χ4n) is 2.69. The molecular formula is C15H19NOS. The van der Waals surface area contributed by atoms with Gasteiger partial charge in [-0.15, -0.1) is 11.3 Å². The van der Waals surface area contributed by atoms with Crippen LogP contribution in [-0.4, -0.2) is 6.54 Å². The van der Waals surface area contributed by atoms with Crippen LogP contribution >= 0.6 is 11.3 Å². The molecule has 18 heavy (non-hydrogen) atoms. The minimum Gasteiger partial charge on any atom is -0.472 e. The zero-order valence-corrected chi connectivity index (χ0v) is 11.6. The summed E-state index contributed by atoms with van der Waals surface area (Å²) in [5.74, 6) is 0. The number of likely N-dealkylation sites (N-methyl/N-ethyl adjacent to an activating group) is 1. The third-order valence-corrected chi connectivity index (χ3v) is 4.93. The van der Waals surface area contributed by atoms with Gasteiger partial charge in [0.2, 0.25) is 0 Å². The average Bonchev–Trinajstić information content (AvgIpc) is 3.04. The fourth-order valence-corrected chi connectivity index (χ4v) is 4.02. The SMILES string of the molecule is CCNC(Cc1ccoc1)c1cc2c(s1)CCC2. The summed E-state index contributed by atoms with van der Waals surface area (Å²) >= 11 is 2.00. The van der Waals surface area contributed by atoms with Crippen LogP contribution in [0.4, 0.5) is 0 Å². The Morgan fingerprint density at radius 3 is 3.11 bits per heavy atom. The van der Waals surface area contributed by atoms with Gasteiger partial charge in [0.15, 0.2) is 0 Å². The summed E-state index contributed by atoms with van der Waals surface area (Å²) in [6.45, 7) is 3.18. The number of thiophene rings is 1. The zero-order chi connectivity index (χ0) is 12.4. The lowest BCUT2D eigenvalue weighted by molar-refractivity contribution is 0.539. The van der Waals surface area contributed by atoms with Crippen molar-refractivity contribution in [3.63, 3.8) is 0 Å². The number of rotatable bonds is 5. The minimum atomic E-state index is 0.434. The van der Waals surface area contributed by atoms with Gasteiger partial charge < -0.3 is 9.73 Å². The molecule has 1 N–H and O–H groups in total. The molecule has 0 saturated heterocycles. The molecule has 2 heterocycles. The van der Waals surface area contributed by atoms with Gasteiger partial charge in [-0.25, -0.2) is 0 Å². The number of fused-ring (bicyclic) bond motifs is 1. The summed E-state index contributed by atoms with van der Waals surface area (Å²) in [4.78, 5) is 3.10. The molecular weight excluding hydrogens is 242 g/mol. The summed E-state index contributed by atoms with van der Waals surface area (Å²) in [5, 5.41) is 3.59. The highest BCUT2D eigenvalue weighted by Gasteiger charge is 2.20. The molecule has 96 valence electrons. The van der Waals surface area contributed by atoms with Crippen LogP contribution < -0.4 is 5.32 Å². The van der Waals surface area contributed by atoms with Crippen LogP contribution in [0, 0.1) is 0 Å². The monoisotopic (exact) mass is 261 g/mol. The molecule has 2 aromatic rings. The van der Waals surface area contributed by atoms with E-state index in [0.29, 0.717) is 6.04 Å². The third-order valence-electron chi connectivity index (χ3n) is 3.58. The molecule has 0 spiro atoms. The molecule has 3 rings (SSSR count). The first kappa shape index (κ1) is 12.0. The van der Waals surface area contributed by atoms with E-state index in [0.717, 1.165) is 13.0 Å². The highest BCUT2D eigenvalue weighted by Crippen LogP contribution is 2.34. The van der Waals surface area contributed by atoms with E-state index < -0.39 is 0 Å². The van der Waals surface area contributed by atoms with Gasteiger partial charge >= 0.3 is 0 Å². The first-order valence-electron chi connectivity index (χ1n) is 6.72. The number of furan rings is 1. The second-order valence-electron chi connectivity index (χ2n) is 4.90. The summed E-state index contributed by atoms with van der Waals surface area (Å²) < 4.78 is 5.17. The normalized spacial score (nSPS) is 15.8. The van der Waals surface area contributed by atoms with Crippen molar-refractivity contribution in [2.75, 3.05) is 6.54 Å². The Bertz CT molecular complexity index is 479. The van der Waals surface area contributed by atoms with Gasteiger partial charge in [0.1, 0.15) is 0 Å². The van der Waals surface area contributed by atoms with Crippen LogP contribution in [-0.2, 0) is 19.3 Å². The summed E-state index contributed by atoms with van der Waals surface area (Å²) in [6.07, 6.45) is 8.53. The maximum Gasteiger partial charge on any atom is 0.0935 e. The number of aryl methyl sites for hydroxylation is 2. The highest BCUT2D eigenvalue weighted by atomic mass is 32.1. The Hall–Kier alpha value is -1.06. The quantitative estimate of drug-likeness (QED) is 0.887. The van der Waals surface area contributed by atoms with Crippen molar-refractivity contribution in [1.82, 2.24) is 5.32 Å². The standard InChI is InChI=1S/C15H19NOS/c1-2-16-13(8-11-6-7-17-10-11)15-9-12-4-3-5-14(12)18-15/h6-7,9-10,13,16H,2-5,8H2,1H3. The number of nitrogens with one attached hydrogen (secondary N) is 1. The second-order valence-corrected chi connectivity index (χ2v) is 6.07. The molecule has 0 fully saturated rings. The average molecular weight is 261 g/mol. The molecule has 0 aromatic carbocycles. The Morgan fingerprint density at radius 2 is 2.39 bits per heavy atom. The Kier molecular flexibility index (Phi) is 3.52. The van der Waals surface area contributed by atoms with Crippen LogP contribution in [0.15, 0.2) is 29.1 Å². The van der Waals surface area contributed by atoms with Crippen molar-refractivity contribution in [2.24, 2.45) is 0 Å².